The van der Waals surface area contributed by atoms with E-state index in [2.05, 4.69) is 4.98 Å². The molecule has 0 fully saturated rings. The molecule has 2 N–H and O–H groups in total. The van der Waals surface area contributed by atoms with Crippen LogP contribution in [0.2, 0.25) is 0 Å². The van der Waals surface area contributed by atoms with Gasteiger partial charge in [0.05, 0.1) is 6.54 Å². The highest BCUT2D eigenvalue weighted by Crippen LogP contribution is 2.22. The minimum absolute atomic E-state index is 0. The minimum atomic E-state index is -4.41. The van der Waals surface area contributed by atoms with Crippen molar-refractivity contribution in [2.45, 2.75) is 12.8 Å². The molecular weight excluding hydrogens is 195 g/mol. The summed E-state index contributed by atoms with van der Waals surface area (Å²) in [6, 6.07) is 0. The molecule has 0 spiro atoms. The summed E-state index contributed by atoms with van der Waals surface area (Å²) in [5, 5.41) is 0. The summed E-state index contributed by atoms with van der Waals surface area (Å²) in [4.78, 5) is 3.42. The molecule has 7 heteroatoms. The Morgan fingerprint density at radius 2 is 2.08 bits per heavy atom. The smallest absolute Gasteiger partial charge is 0.324 e. The molecule has 3 nitrogen and oxygen atoms in total. The summed E-state index contributed by atoms with van der Waals surface area (Å²) in [5.41, 5.74) is 5.01. The topological polar surface area (TPSA) is 43.8 Å². The molecule has 0 unspecified atom stereocenters. The average molecular weight is 202 g/mol. The number of imidazole rings is 1. The van der Waals surface area contributed by atoms with E-state index in [1.807, 2.05) is 0 Å². The number of nitrogens with zero attached hydrogens (tertiary/aromatic N) is 2. The highest BCUT2D eigenvalue weighted by molar-refractivity contribution is 5.85. The molecule has 1 heterocycles. The largest absolute Gasteiger partial charge is 0.489 e. The highest BCUT2D eigenvalue weighted by atomic mass is 35.5. The number of hydrogen-bond donors (Lipinski definition) is 1. The summed E-state index contributed by atoms with van der Waals surface area (Å²) in [6.45, 7) is -0.216. The first-order valence-electron chi connectivity index (χ1n) is 2.85. The van der Waals surface area contributed by atoms with Crippen molar-refractivity contribution in [1.29, 1.82) is 0 Å². The van der Waals surface area contributed by atoms with Crippen LogP contribution in [0.15, 0.2) is 12.4 Å². The van der Waals surface area contributed by atoms with Crippen molar-refractivity contribution in [2.75, 3.05) is 0 Å². The maximum Gasteiger partial charge on any atom is 0.489 e. The van der Waals surface area contributed by atoms with Crippen molar-refractivity contribution in [2.24, 2.45) is 5.73 Å². The van der Waals surface area contributed by atoms with E-state index in [1.54, 1.807) is 0 Å². The van der Waals surface area contributed by atoms with E-state index in [-0.39, 0.29) is 29.3 Å². The van der Waals surface area contributed by atoms with Crippen LogP contribution >= 0.6 is 12.4 Å². The molecule has 0 amide bonds. The van der Waals surface area contributed by atoms with Gasteiger partial charge in [-0.1, -0.05) is 0 Å². The lowest BCUT2D eigenvalue weighted by Gasteiger charge is -2.08. The average Bonchev–Trinajstić information content (AvgIpc) is 2.31. The molecule has 0 aromatic carbocycles. The first-order chi connectivity index (χ1) is 5.05. The first kappa shape index (κ1) is 11.2. The van der Waals surface area contributed by atoms with Gasteiger partial charge in [-0.05, 0) is 0 Å². The van der Waals surface area contributed by atoms with Crippen LogP contribution in [0.25, 0.3) is 0 Å². The van der Waals surface area contributed by atoms with E-state index < -0.39 is 6.30 Å². The third kappa shape index (κ3) is 2.12. The molecule has 1 aromatic rings. The van der Waals surface area contributed by atoms with Crippen LogP contribution in [0.1, 0.15) is 5.82 Å². The Labute approximate surface area is 72.8 Å². The lowest BCUT2D eigenvalue weighted by molar-refractivity contribution is -0.205. The van der Waals surface area contributed by atoms with Gasteiger partial charge in [0.25, 0.3) is 0 Å². The van der Waals surface area contributed by atoms with E-state index in [0.717, 1.165) is 12.4 Å². The summed E-state index contributed by atoms with van der Waals surface area (Å²) in [6.07, 6.45) is -2.51. The third-order valence-electron chi connectivity index (χ3n) is 1.17. The fourth-order valence-corrected chi connectivity index (χ4v) is 0.716. The molecule has 0 radical (unpaired) electrons. The Hall–Kier alpha value is -0.750. The zero-order valence-corrected chi connectivity index (χ0v) is 6.69. The van der Waals surface area contributed by atoms with E-state index in [0.29, 0.717) is 0 Å². The first-order valence-corrected chi connectivity index (χ1v) is 2.85. The fraction of sp³-hybridized carbons (Fsp3) is 0.400. The Bertz CT molecular complexity index is 244. The second-order valence-electron chi connectivity index (χ2n) is 1.89. The highest BCUT2D eigenvalue weighted by Gasteiger charge is 2.32. The molecule has 0 aliphatic carbocycles. The lowest BCUT2D eigenvalue weighted by atomic mass is 10.6. The predicted molar refractivity (Wildman–Crippen MR) is 38.7 cm³/mol. The zero-order valence-electron chi connectivity index (χ0n) is 5.88. The molecule has 0 bridgehead atoms. The van der Waals surface area contributed by atoms with Crippen LogP contribution < -0.4 is 5.73 Å². The monoisotopic (exact) mass is 201 g/mol. The van der Waals surface area contributed by atoms with Crippen molar-refractivity contribution >= 4 is 12.4 Å². The second-order valence-corrected chi connectivity index (χ2v) is 1.89. The van der Waals surface area contributed by atoms with E-state index >= 15 is 0 Å². The van der Waals surface area contributed by atoms with Gasteiger partial charge in [0, 0.05) is 12.4 Å². The van der Waals surface area contributed by atoms with Crippen molar-refractivity contribution in [3.8, 4) is 0 Å². The molecule has 70 valence electrons. The van der Waals surface area contributed by atoms with Gasteiger partial charge in [-0.25, -0.2) is 9.55 Å². The Morgan fingerprint density at radius 3 is 2.42 bits per heavy atom. The predicted octanol–water partition coefficient (Wildman–Crippen LogP) is 1.24. The van der Waals surface area contributed by atoms with Crippen LogP contribution in [0.4, 0.5) is 13.2 Å². The maximum absolute atomic E-state index is 11.9. The van der Waals surface area contributed by atoms with Gasteiger partial charge in [-0.2, -0.15) is 0 Å². The zero-order chi connectivity index (χ0) is 8.48. The fourth-order valence-electron chi connectivity index (χ4n) is 0.716. The number of alkyl halides is 3. The molecule has 0 aliphatic heterocycles. The van der Waals surface area contributed by atoms with Crippen molar-refractivity contribution in [3.63, 3.8) is 0 Å². The van der Waals surface area contributed by atoms with E-state index in [9.17, 15) is 13.2 Å². The van der Waals surface area contributed by atoms with Crippen LogP contribution in [-0.2, 0) is 12.8 Å². The van der Waals surface area contributed by atoms with Crippen molar-refractivity contribution < 1.29 is 13.2 Å². The van der Waals surface area contributed by atoms with Gasteiger partial charge in [0.15, 0.2) is 0 Å². The van der Waals surface area contributed by atoms with Gasteiger partial charge in [0.1, 0.15) is 5.82 Å². The second kappa shape index (κ2) is 3.77. The van der Waals surface area contributed by atoms with Gasteiger partial charge in [-0.15, -0.1) is 25.6 Å². The summed E-state index contributed by atoms with van der Waals surface area (Å²) in [5.74, 6) is -0.183. The van der Waals surface area contributed by atoms with Crippen molar-refractivity contribution in [3.05, 3.63) is 18.2 Å². The molecule has 0 atom stereocenters. The van der Waals surface area contributed by atoms with Crippen LogP contribution in [0, 0.1) is 0 Å². The third-order valence-corrected chi connectivity index (χ3v) is 1.17. The van der Waals surface area contributed by atoms with Crippen LogP contribution in [0.3, 0.4) is 0 Å². The quantitative estimate of drug-likeness (QED) is 0.743. The normalized spacial score (nSPS) is 11.0. The van der Waals surface area contributed by atoms with E-state index in [1.165, 1.54) is 0 Å². The summed E-state index contributed by atoms with van der Waals surface area (Å²) >= 11 is 0. The van der Waals surface area contributed by atoms with Gasteiger partial charge >= 0.3 is 6.30 Å². The Kier molecular flexibility index (Phi) is 3.54. The molecule has 0 aliphatic rings. The molecular formula is C5H7ClF3N3. The lowest BCUT2D eigenvalue weighted by Crippen LogP contribution is -2.20. The molecule has 1 aromatic heterocycles. The molecule has 12 heavy (non-hydrogen) atoms. The minimum Gasteiger partial charge on any atom is -0.324 e. The van der Waals surface area contributed by atoms with Crippen molar-refractivity contribution in [1.82, 2.24) is 9.55 Å². The van der Waals surface area contributed by atoms with Gasteiger partial charge < -0.3 is 5.73 Å². The van der Waals surface area contributed by atoms with Gasteiger partial charge in [-0.3, -0.25) is 0 Å². The number of hydrogen-bond acceptors (Lipinski definition) is 2. The van der Waals surface area contributed by atoms with Crippen LogP contribution in [-0.4, -0.2) is 9.55 Å². The Morgan fingerprint density at radius 1 is 1.50 bits per heavy atom. The SMILES string of the molecule is Cl.NCc1nccn1C(F)(F)F. The summed E-state index contributed by atoms with van der Waals surface area (Å²) < 4.78 is 35.9. The standard InChI is InChI=1S/C5H6F3N3.ClH/c6-5(7,8)11-2-1-10-4(11)3-9;/h1-2H,3,9H2;1H. The Balaban J connectivity index is 0.00000121. The van der Waals surface area contributed by atoms with E-state index in [4.69, 9.17) is 5.73 Å². The number of halogens is 4. The number of nitrogens with two attached hydrogens (primary N) is 1. The van der Waals surface area contributed by atoms with Crippen LogP contribution in [0.5, 0.6) is 0 Å². The molecule has 1 rings (SSSR count). The molecule has 0 saturated carbocycles. The number of aromatic nitrogens is 2. The van der Waals surface area contributed by atoms with Gasteiger partial charge in [0.2, 0.25) is 0 Å². The number of rotatable bonds is 1. The molecule has 0 saturated heterocycles. The maximum atomic E-state index is 11.9. The summed E-state index contributed by atoms with van der Waals surface area (Å²) in [7, 11) is 0.